The van der Waals surface area contributed by atoms with Crippen molar-refractivity contribution in [1.29, 1.82) is 0 Å². The van der Waals surface area contributed by atoms with Gasteiger partial charge in [-0.25, -0.2) is 4.39 Å². The topological polar surface area (TPSA) is 63.1 Å². The Labute approximate surface area is 170 Å². The minimum absolute atomic E-state index is 0.0598. The molecule has 0 radical (unpaired) electrons. The third-order valence-corrected chi connectivity index (χ3v) is 5.33. The molecule has 3 rings (SSSR count). The SMILES string of the molecule is COc1ccc([C@H](CNC(=O)[C@H]2CC(=O)N(c3ccccc3F)C2)[NH+](C)C)cc1. The van der Waals surface area contributed by atoms with Crippen LogP contribution in [0.2, 0.25) is 0 Å². The fraction of sp³-hybridized carbons (Fsp3) is 0.364. The normalized spacial score (nSPS) is 17.5. The maximum Gasteiger partial charge on any atom is 0.227 e. The van der Waals surface area contributed by atoms with E-state index in [-0.39, 0.29) is 36.5 Å². The van der Waals surface area contributed by atoms with E-state index in [0.717, 1.165) is 11.3 Å². The lowest BCUT2D eigenvalue weighted by molar-refractivity contribution is -0.890. The number of nitrogens with one attached hydrogen (secondary N) is 2. The van der Waals surface area contributed by atoms with Crippen LogP contribution in [0, 0.1) is 11.7 Å². The second-order valence-corrected chi connectivity index (χ2v) is 7.51. The number of carbonyl (C=O) groups excluding carboxylic acids is 2. The fourth-order valence-corrected chi connectivity index (χ4v) is 3.63. The van der Waals surface area contributed by atoms with E-state index in [2.05, 4.69) is 5.32 Å². The van der Waals surface area contributed by atoms with E-state index in [1.807, 2.05) is 38.4 Å². The maximum atomic E-state index is 14.0. The van der Waals surface area contributed by atoms with Crippen molar-refractivity contribution >= 4 is 17.5 Å². The van der Waals surface area contributed by atoms with Gasteiger partial charge in [0.2, 0.25) is 11.8 Å². The van der Waals surface area contributed by atoms with Gasteiger partial charge in [-0.3, -0.25) is 9.59 Å². The number of likely N-dealkylation sites (N-methyl/N-ethyl adjacent to an activating group) is 1. The summed E-state index contributed by atoms with van der Waals surface area (Å²) >= 11 is 0. The molecule has 2 atom stereocenters. The number of methoxy groups -OCH3 is 1. The number of rotatable bonds is 7. The standard InChI is InChI=1S/C22H26FN3O3/c1-25(2)20(15-8-10-17(29-3)11-9-15)13-24-22(28)16-12-21(27)26(14-16)19-7-5-4-6-18(19)23/h4-11,16,20H,12-14H2,1-3H3,(H,24,28)/p+1/t16-,20-/m0/s1. The number of amides is 2. The van der Waals surface area contributed by atoms with E-state index >= 15 is 0 Å². The largest absolute Gasteiger partial charge is 0.497 e. The van der Waals surface area contributed by atoms with Crippen molar-refractivity contribution in [3.8, 4) is 5.75 Å². The second kappa shape index (κ2) is 9.05. The number of carbonyl (C=O) groups is 2. The minimum atomic E-state index is -0.490. The molecule has 0 unspecified atom stereocenters. The Morgan fingerprint density at radius 2 is 1.93 bits per heavy atom. The molecule has 7 heteroatoms. The lowest BCUT2D eigenvalue weighted by atomic mass is 10.0. The molecule has 0 aromatic heterocycles. The Hall–Kier alpha value is -2.93. The van der Waals surface area contributed by atoms with Crippen molar-refractivity contribution in [3.05, 3.63) is 59.9 Å². The van der Waals surface area contributed by atoms with Crippen LogP contribution in [0.15, 0.2) is 48.5 Å². The van der Waals surface area contributed by atoms with Gasteiger partial charge in [0.05, 0.1) is 39.4 Å². The Bertz CT molecular complexity index is 870. The summed E-state index contributed by atoms with van der Waals surface area (Å²) in [6, 6.07) is 14.0. The molecule has 2 aromatic rings. The van der Waals surface area contributed by atoms with Crippen LogP contribution in [0.4, 0.5) is 10.1 Å². The molecule has 29 heavy (non-hydrogen) atoms. The summed E-state index contributed by atoms with van der Waals surface area (Å²) in [5.41, 5.74) is 1.31. The lowest BCUT2D eigenvalue weighted by Crippen LogP contribution is -3.07. The van der Waals surface area contributed by atoms with E-state index in [1.54, 1.807) is 25.3 Å². The predicted octanol–water partition coefficient (Wildman–Crippen LogP) is 1.19. The first-order valence-corrected chi connectivity index (χ1v) is 9.67. The Balaban J connectivity index is 1.63. The molecule has 154 valence electrons. The zero-order valence-corrected chi connectivity index (χ0v) is 16.9. The molecule has 6 nitrogen and oxygen atoms in total. The molecule has 1 heterocycles. The Kier molecular flexibility index (Phi) is 6.49. The molecular formula is C22H27FN3O3+. The highest BCUT2D eigenvalue weighted by Gasteiger charge is 2.36. The van der Waals surface area contributed by atoms with Crippen molar-refractivity contribution in [2.24, 2.45) is 5.92 Å². The molecule has 0 aliphatic carbocycles. The number of nitrogens with zero attached hydrogens (tertiary/aromatic N) is 1. The first kappa shape index (κ1) is 20.8. The number of ether oxygens (including phenoxy) is 1. The van der Waals surface area contributed by atoms with Crippen LogP contribution < -0.4 is 19.9 Å². The molecule has 0 spiro atoms. The molecule has 1 aliphatic heterocycles. The van der Waals surface area contributed by atoms with Gasteiger partial charge in [0.1, 0.15) is 17.6 Å². The first-order chi connectivity index (χ1) is 13.9. The number of halogens is 1. The fourth-order valence-electron chi connectivity index (χ4n) is 3.63. The lowest BCUT2D eigenvalue weighted by Gasteiger charge is -2.23. The summed E-state index contributed by atoms with van der Waals surface area (Å²) in [6.07, 6.45) is 0.0855. The van der Waals surface area contributed by atoms with Crippen LogP contribution in [-0.2, 0) is 9.59 Å². The van der Waals surface area contributed by atoms with Gasteiger partial charge < -0.3 is 19.9 Å². The number of para-hydroxylation sites is 1. The van der Waals surface area contributed by atoms with Gasteiger partial charge in [0.25, 0.3) is 0 Å². The van der Waals surface area contributed by atoms with E-state index in [0.29, 0.717) is 6.54 Å². The van der Waals surface area contributed by atoms with E-state index < -0.39 is 11.7 Å². The van der Waals surface area contributed by atoms with Crippen molar-refractivity contribution in [2.75, 3.05) is 39.2 Å². The summed E-state index contributed by atoms with van der Waals surface area (Å²) < 4.78 is 19.2. The van der Waals surface area contributed by atoms with Gasteiger partial charge in [-0.1, -0.05) is 12.1 Å². The third-order valence-electron chi connectivity index (χ3n) is 5.33. The van der Waals surface area contributed by atoms with E-state index in [9.17, 15) is 14.0 Å². The van der Waals surface area contributed by atoms with Crippen molar-refractivity contribution in [3.63, 3.8) is 0 Å². The van der Waals surface area contributed by atoms with Gasteiger partial charge in [-0.2, -0.15) is 0 Å². The highest BCUT2D eigenvalue weighted by Crippen LogP contribution is 2.27. The molecule has 1 saturated heterocycles. The van der Waals surface area contributed by atoms with Crippen molar-refractivity contribution in [1.82, 2.24) is 5.32 Å². The summed E-state index contributed by atoms with van der Waals surface area (Å²) in [5, 5.41) is 2.98. The number of anilines is 1. The molecule has 2 amide bonds. The molecule has 0 bridgehead atoms. The number of benzene rings is 2. The highest BCUT2D eigenvalue weighted by molar-refractivity contribution is 6.00. The van der Waals surface area contributed by atoms with Gasteiger partial charge in [-0.05, 0) is 36.4 Å². The quantitative estimate of drug-likeness (QED) is 0.734. The Morgan fingerprint density at radius 1 is 1.24 bits per heavy atom. The average molecular weight is 400 g/mol. The molecular weight excluding hydrogens is 373 g/mol. The van der Waals surface area contributed by atoms with Crippen molar-refractivity contribution in [2.45, 2.75) is 12.5 Å². The summed E-state index contributed by atoms with van der Waals surface area (Å²) in [6.45, 7) is 0.630. The molecule has 2 N–H and O–H groups in total. The molecule has 1 aliphatic rings. The number of quaternary nitrogens is 1. The van der Waals surface area contributed by atoms with Crippen LogP contribution in [0.5, 0.6) is 5.75 Å². The third kappa shape index (κ3) is 4.74. The van der Waals surface area contributed by atoms with Crippen LogP contribution >= 0.6 is 0 Å². The van der Waals surface area contributed by atoms with Crippen molar-refractivity contribution < 1.29 is 23.6 Å². The van der Waals surface area contributed by atoms with Crippen LogP contribution in [0.25, 0.3) is 0 Å². The first-order valence-electron chi connectivity index (χ1n) is 9.67. The summed E-state index contributed by atoms with van der Waals surface area (Å²) in [5.74, 6) is -0.589. The van der Waals surface area contributed by atoms with E-state index in [1.165, 1.54) is 15.9 Å². The van der Waals surface area contributed by atoms with Gasteiger partial charge >= 0.3 is 0 Å². The molecule has 0 saturated carbocycles. The summed E-state index contributed by atoms with van der Waals surface area (Å²) in [4.78, 5) is 27.6. The minimum Gasteiger partial charge on any atom is -0.497 e. The number of hydrogen-bond acceptors (Lipinski definition) is 3. The van der Waals surface area contributed by atoms with Crippen LogP contribution in [0.1, 0.15) is 18.0 Å². The smallest absolute Gasteiger partial charge is 0.227 e. The second-order valence-electron chi connectivity index (χ2n) is 7.51. The zero-order chi connectivity index (χ0) is 21.0. The van der Waals surface area contributed by atoms with E-state index in [4.69, 9.17) is 4.74 Å². The molecule has 2 aromatic carbocycles. The number of hydrogen-bond donors (Lipinski definition) is 2. The van der Waals surface area contributed by atoms with Gasteiger partial charge in [0.15, 0.2) is 0 Å². The molecule has 1 fully saturated rings. The summed E-state index contributed by atoms with van der Waals surface area (Å²) in [7, 11) is 5.68. The van der Waals surface area contributed by atoms with Crippen LogP contribution in [-0.4, -0.2) is 46.1 Å². The van der Waals surface area contributed by atoms with Gasteiger partial charge in [0, 0.05) is 18.5 Å². The monoisotopic (exact) mass is 400 g/mol. The Morgan fingerprint density at radius 3 is 2.55 bits per heavy atom. The highest BCUT2D eigenvalue weighted by atomic mass is 19.1. The van der Waals surface area contributed by atoms with Gasteiger partial charge in [-0.15, -0.1) is 0 Å². The predicted molar refractivity (Wildman–Crippen MR) is 108 cm³/mol. The average Bonchev–Trinajstić information content (AvgIpc) is 3.10. The maximum absolute atomic E-state index is 14.0. The zero-order valence-electron chi connectivity index (χ0n) is 16.9. The van der Waals surface area contributed by atoms with Crippen LogP contribution in [0.3, 0.4) is 0 Å².